The quantitative estimate of drug-likeness (QED) is 0.313. The maximum absolute atomic E-state index is 12.0. The van der Waals surface area contributed by atoms with Crippen LogP contribution in [0.5, 0.6) is 5.75 Å². The molecule has 4 rings (SSSR count). The molecule has 3 aromatic rings. The van der Waals surface area contributed by atoms with Crippen molar-refractivity contribution in [2.75, 3.05) is 0 Å². The molecule has 1 aromatic heterocycles. The molecule has 1 fully saturated rings. The first-order chi connectivity index (χ1) is 10.2. The number of fused-ring (bicyclic) bond motifs is 3. The molecule has 0 radical (unpaired) electrons. The molecule has 0 N–H and O–H groups in total. The van der Waals surface area contributed by atoms with Gasteiger partial charge >= 0.3 is 11.6 Å². The Morgan fingerprint density at radius 1 is 1.05 bits per heavy atom. The van der Waals surface area contributed by atoms with E-state index in [9.17, 15) is 9.59 Å². The number of esters is 1. The normalized spacial score (nSPS) is 14.5. The van der Waals surface area contributed by atoms with Crippen molar-refractivity contribution in [1.82, 2.24) is 0 Å². The monoisotopic (exact) mass is 280 g/mol. The lowest BCUT2D eigenvalue weighted by Gasteiger charge is -2.06. The number of hydrogen-bond donors (Lipinski definition) is 0. The molecule has 4 heteroatoms. The van der Waals surface area contributed by atoms with Crippen LogP contribution < -0.4 is 10.4 Å². The molecular weight excluding hydrogens is 268 g/mol. The summed E-state index contributed by atoms with van der Waals surface area (Å²) in [4.78, 5) is 23.6. The fourth-order valence-electron chi connectivity index (χ4n) is 2.44. The molecule has 0 saturated heterocycles. The largest absolute Gasteiger partial charge is 0.426 e. The average Bonchev–Trinajstić information content (AvgIpc) is 3.32. The van der Waals surface area contributed by atoms with Gasteiger partial charge in [0.2, 0.25) is 0 Å². The maximum Gasteiger partial charge on any atom is 0.344 e. The fourth-order valence-corrected chi connectivity index (χ4v) is 2.44. The van der Waals surface area contributed by atoms with Crippen LogP contribution in [0, 0.1) is 5.92 Å². The van der Waals surface area contributed by atoms with Gasteiger partial charge in [-0.3, -0.25) is 4.79 Å². The summed E-state index contributed by atoms with van der Waals surface area (Å²) in [5.41, 5.74) is 0.0450. The summed E-state index contributed by atoms with van der Waals surface area (Å²) in [6.45, 7) is 0. The molecular formula is C17H12O4. The molecule has 0 amide bonds. The molecule has 1 aliphatic rings. The van der Waals surface area contributed by atoms with Crippen molar-refractivity contribution in [3.05, 3.63) is 52.9 Å². The van der Waals surface area contributed by atoms with Crippen molar-refractivity contribution in [2.24, 2.45) is 5.92 Å². The summed E-state index contributed by atoms with van der Waals surface area (Å²) < 4.78 is 10.6. The van der Waals surface area contributed by atoms with Gasteiger partial charge in [-0.15, -0.1) is 0 Å². The molecule has 1 saturated carbocycles. The van der Waals surface area contributed by atoms with Crippen LogP contribution in [0.1, 0.15) is 12.8 Å². The van der Waals surface area contributed by atoms with E-state index in [1.54, 1.807) is 24.3 Å². The van der Waals surface area contributed by atoms with E-state index in [2.05, 4.69) is 0 Å². The third-order valence-electron chi connectivity index (χ3n) is 3.72. The Morgan fingerprint density at radius 3 is 2.57 bits per heavy atom. The maximum atomic E-state index is 12.0. The number of carbonyl (C=O) groups is 1. The van der Waals surface area contributed by atoms with Crippen LogP contribution in [0.3, 0.4) is 0 Å². The molecule has 0 aliphatic heterocycles. The van der Waals surface area contributed by atoms with E-state index in [1.807, 2.05) is 18.2 Å². The molecule has 0 atom stereocenters. The van der Waals surface area contributed by atoms with E-state index < -0.39 is 0 Å². The van der Waals surface area contributed by atoms with Crippen LogP contribution in [0.2, 0.25) is 0 Å². The fraction of sp³-hybridized carbons (Fsp3) is 0.176. The smallest absolute Gasteiger partial charge is 0.344 e. The second-order valence-corrected chi connectivity index (χ2v) is 5.29. The van der Waals surface area contributed by atoms with Crippen LogP contribution >= 0.6 is 0 Å². The van der Waals surface area contributed by atoms with Crippen molar-refractivity contribution in [1.29, 1.82) is 0 Å². The van der Waals surface area contributed by atoms with Gasteiger partial charge in [0.1, 0.15) is 11.3 Å². The average molecular weight is 280 g/mol. The lowest BCUT2D eigenvalue weighted by atomic mass is 10.1. The zero-order valence-electron chi connectivity index (χ0n) is 11.2. The second-order valence-electron chi connectivity index (χ2n) is 5.29. The van der Waals surface area contributed by atoms with E-state index >= 15 is 0 Å². The first kappa shape index (κ1) is 12.1. The third-order valence-corrected chi connectivity index (χ3v) is 3.72. The standard InChI is InChI=1S/C17H12O4/c18-16(10-5-6-10)20-11-7-8-13-12-3-1-2-4-14(12)17(19)21-15(13)9-11/h1-4,7-10H,5-6H2. The highest BCUT2D eigenvalue weighted by Gasteiger charge is 2.31. The predicted molar refractivity (Wildman–Crippen MR) is 78.3 cm³/mol. The van der Waals surface area contributed by atoms with Crippen molar-refractivity contribution >= 4 is 27.7 Å². The lowest BCUT2D eigenvalue weighted by Crippen LogP contribution is -2.09. The molecule has 1 heterocycles. The van der Waals surface area contributed by atoms with Gasteiger partial charge in [-0.25, -0.2) is 4.79 Å². The molecule has 0 spiro atoms. The van der Waals surface area contributed by atoms with Gasteiger partial charge in [0.25, 0.3) is 0 Å². The Hall–Kier alpha value is -2.62. The van der Waals surface area contributed by atoms with E-state index in [-0.39, 0.29) is 17.5 Å². The Bertz CT molecular complexity index is 919. The highest BCUT2D eigenvalue weighted by atomic mass is 16.5. The minimum Gasteiger partial charge on any atom is -0.426 e. The molecule has 4 nitrogen and oxygen atoms in total. The Balaban J connectivity index is 1.86. The van der Waals surface area contributed by atoms with E-state index in [1.165, 1.54) is 0 Å². The highest BCUT2D eigenvalue weighted by molar-refractivity contribution is 6.04. The van der Waals surface area contributed by atoms with Crippen molar-refractivity contribution in [3.8, 4) is 5.75 Å². The van der Waals surface area contributed by atoms with Crippen LogP contribution in [-0.2, 0) is 4.79 Å². The summed E-state index contributed by atoms with van der Waals surface area (Å²) >= 11 is 0. The Kier molecular flexibility index (Phi) is 2.57. The molecule has 2 aromatic carbocycles. The third kappa shape index (κ3) is 2.09. The van der Waals surface area contributed by atoms with Gasteiger partial charge in [-0.1, -0.05) is 18.2 Å². The van der Waals surface area contributed by atoms with Crippen molar-refractivity contribution in [2.45, 2.75) is 12.8 Å². The molecule has 1 aliphatic carbocycles. The lowest BCUT2D eigenvalue weighted by molar-refractivity contribution is -0.135. The number of benzene rings is 2. The SMILES string of the molecule is O=C(Oc1ccc2c(c1)oc(=O)c1ccccc12)C1CC1. The van der Waals surface area contributed by atoms with Gasteiger partial charge in [-0.2, -0.15) is 0 Å². The topological polar surface area (TPSA) is 56.5 Å². The second kappa shape index (κ2) is 4.45. The number of ether oxygens (including phenoxy) is 1. The zero-order valence-corrected chi connectivity index (χ0v) is 11.2. The van der Waals surface area contributed by atoms with Crippen LogP contribution in [0.15, 0.2) is 51.7 Å². The molecule has 0 unspecified atom stereocenters. The van der Waals surface area contributed by atoms with Crippen molar-refractivity contribution in [3.63, 3.8) is 0 Å². The molecule has 104 valence electrons. The van der Waals surface area contributed by atoms with Crippen LogP contribution in [0.25, 0.3) is 21.7 Å². The zero-order chi connectivity index (χ0) is 14.4. The molecule has 0 bridgehead atoms. The Labute approximate surface area is 119 Å². The summed E-state index contributed by atoms with van der Waals surface area (Å²) in [6.07, 6.45) is 1.79. The van der Waals surface area contributed by atoms with E-state index in [4.69, 9.17) is 9.15 Å². The molecule has 21 heavy (non-hydrogen) atoms. The summed E-state index contributed by atoms with van der Waals surface area (Å²) in [5.74, 6) is 0.236. The number of hydrogen-bond acceptors (Lipinski definition) is 4. The minimum atomic E-state index is -0.385. The number of rotatable bonds is 2. The highest BCUT2D eigenvalue weighted by Crippen LogP contribution is 2.32. The first-order valence-corrected chi connectivity index (χ1v) is 6.90. The predicted octanol–water partition coefficient (Wildman–Crippen LogP) is 3.26. The van der Waals surface area contributed by atoms with E-state index in [0.717, 1.165) is 23.6 Å². The summed E-state index contributed by atoms with van der Waals surface area (Å²) in [7, 11) is 0. The Morgan fingerprint density at radius 2 is 1.81 bits per heavy atom. The summed E-state index contributed by atoms with van der Waals surface area (Å²) in [5, 5.41) is 2.22. The van der Waals surface area contributed by atoms with Gasteiger partial charge in [0, 0.05) is 11.5 Å². The van der Waals surface area contributed by atoms with E-state index in [0.29, 0.717) is 16.7 Å². The summed E-state index contributed by atoms with van der Waals surface area (Å²) in [6, 6.07) is 12.4. The minimum absolute atomic E-state index is 0.0318. The van der Waals surface area contributed by atoms with Gasteiger partial charge in [0.15, 0.2) is 0 Å². The number of carbonyl (C=O) groups excluding carboxylic acids is 1. The first-order valence-electron chi connectivity index (χ1n) is 6.90. The van der Waals surface area contributed by atoms with Crippen molar-refractivity contribution < 1.29 is 13.9 Å². The van der Waals surface area contributed by atoms with Crippen LogP contribution in [0.4, 0.5) is 0 Å². The van der Waals surface area contributed by atoms with Crippen LogP contribution in [-0.4, -0.2) is 5.97 Å². The van der Waals surface area contributed by atoms with Gasteiger partial charge in [0.05, 0.1) is 11.3 Å². The van der Waals surface area contributed by atoms with Gasteiger partial charge < -0.3 is 9.15 Å². The van der Waals surface area contributed by atoms with Gasteiger partial charge in [-0.05, 0) is 36.4 Å².